The summed E-state index contributed by atoms with van der Waals surface area (Å²) in [5, 5.41) is 7.71. The third-order valence-electron chi connectivity index (χ3n) is 3.22. The molecule has 0 bridgehead atoms. The smallest absolute Gasteiger partial charge is 0.244 e. The Kier molecular flexibility index (Phi) is 2.65. The van der Waals surface area contributed by atoms with E-state index in [4.69, 9.17) is 11.6 Å². The number of aromatic nitrogens is 3. The first kappa shape index (κ1) is 10.2. The number of hydrogen-bond donors (Lipinski definition) is 0. The van der Waals surface area contributed by atoms with Crippen molar-refractivity contribution in [3.63, 3.8) is 0 Å². The Morgan fingerprint density at radius 3 is 2.56 bits per heavy atom. The maximum Gasteiger partial charge on any atom is 0.244 e. The Balaban J connectivity index is 1.64. The molecule has 1 saturated carbocycles. The van der Waals surface area contributed by atoms with Crippen molar-refractivity contribution in [1.29, 1.82) is 0 Å². The summed E-state index contributed by atoms with van der Waals surface area (Å²) in [6.45, 7) is 4.25. The molecule has 1 saturated heterocycles. The highest BCUT2D eigenvalue weighted by Crippen LogP contribution is 2.28. The lowest BCUT2D eigenvalue weighted by Gasteiger charge is -2.35. The summed E-state index contributed by atoms with van der Waals surface area (Å²) in [7, 11) is 0. The molecule has 0 radical (unpaired) electrons. The fourth-order valence-electron chi connectivity index (χ4n) is 2.18. The largest absolute Gasteiger partial charge is 0.353 e. The van der Waals surface area contributed by atoms with Gasteiger partial charge < -0.3 is 4.90 Å². The first-order valence-corrected chi connectivity index (χ1v) is 6.05. The van der Waals surface area contributed by atoms with Gasteiger partial charge in [0.15, 0.2) is 5.82 Å². The molecular formula is C10H14ClN5. The van der Waals surface area contributed by atoms with Crippen LogP contribution in [0.15, 0.2) is 6.20 Å². The van der Waals surface area contributed by atoms with Gasteiger partial charge in [-0.25, -0.2) is 0 Å². The van der Waals surface area contributed by atoms with Gasteiger partial charge in [0, 0.05) is 32.2 Å². The number of halogens is 1. The zero-order chi connectivity index (χ0) is 11.0. The molecule has 1 aromatic heterocycles. The maximum atomic E-state index is 5.73. The molecule has 5 nitrogen and oxygen atoms in total. The summed E-state index contributed by atoms with van der Waals surface area (Å²) in [6.07, 6.45) is 4.43. The second-order valence-corrected chi connectivity index (χ2v) is 4.68. The van der Waals surface area contributed by atoms with Crippen molar-refractivity contribution < 1.29 is 0 Å². The van der Waals surface area contributed by atoms with Crippen molar-refractivity contribution >= 4 is 17.4 Å². The molecule has 0 atom stereocenters. The molecule has 6 heteroatoms. The quantitative estimate of drug-likeness (QED) is 0.764. The van der Waals surface area contributed by atoms with E-state index in [9.17, 15) is 0 Å². The highest BCUT2D eigenvalue weighted by Gasteiger charge is 2.31. The van der Waals surface area contributed by atoms with Crippen LogP contribution in [0, 0.1) is 0 Å². The normalized spacial score (nSPS) is 22.4. The molecule has 0 aromatic carbocycles. The van der Waals surface area contributed by atoms with Crippen LogP contribution in [-0.2, 0) is 0 Å². The van der Waals surface area contributed by atoms with E-state index < -0.39 is 0 Å². The van der Waals surface area contributed by atoms with Crippen LogP contribution in [0.5, 0.6) is 0 Å². The van der Waals surface area contributed by atoms with Gasteiger partial charge >= 0.3 is 0 Å². The first-order chi connectivity index (χ1) is 7.83. The van der Waals surface area contributed by atoms with Gasteiger partial charge in [-0.05, 0) is 24.4 Å². The summed E-state index contributed by atoms with van der Waals surface area (Å²) < 4.78 is 0. The van der Waals surface area contributed by atoms with Gasteiger partial charge in [0.25, 0.3) is 0 Å². The highest BCUT2D eigenvalue weighted by molar-refractivity contribution is 6.28. The van der Waals surface area contributed by atoms with Crippen LogP contribution in [0.2, 0.25) is 5.28 Å². The van der Waals surface area contributed by atoms with Gasteiger partial charge in [-0.3, -0.25) is 4.90 Å². The predicted octanol–water partition coefficient (Wildman–Crippen LogP) is 0.809. The summed E-state index contributed by atoms with van der Waals surface area (Å²) in [6, 6.07) is 0.856. The number of nitrogens with zero attached hydrogens (tertiary/aromatic N) is 5. The molecular weight excluding hydrogens is 226 g/mol. The van der Waals surface area contributed by atoms with Crippen LogP contribution in [0.4, 0.5) is 5.82 Å². The standard InChI is InChI=1S/C10H14ClN5/c11-10-13-9(7-12-14-10)16-5-3-15(4-6-16)8-1-2-8/h7-8H,1-6H2. The molecule has 86 valence electrons. The van der Waals surface area contributed by atoms with Gasteiger partial charge in [0.2, 0.25) is 5.28 Å². The molecule has 0 N–H and O–H groups in total. The summed E-state index contributed by atoms with van der Waals surface area (Å²) in [5.74, 6) is 0.843. The monoisotopic (exact) mass is 239 g/mol. The number of hydrogen-bond acceptors (Lipinski definition) is 5. The molecule has 2 heterocycles. The zero-order valence-corrected chi connectivity index (χ0v) is 9.77. The maximum absolute atomic E-state index is 5.73. The SMILES string of the molecule is Clc1nncc(N2CCN(C3CC3)CC2)n1. The van der Waals surface area contributed by atoms with E-state index in [1.807, 2.05) is 0 Å². The van der Waals surface area contributed by atoms with Crippen LogP contribution in [-0.4, -0.2) is 52.3 Å². The van der Waals surface area contributed by atoms with Gasteiger partial charge in [0.05, 0.1) is 6.20 Å². The predicted molar refractivity (Wildman–Crippen MR) is 61.6 cm³/mol. The van der Waals surface area contributed by atoms with Crippen LogP contribution in [0.25, 0.3) is 0 Å². The van der Waals surface area contributed by atoms with Gasteiger partial charge in [-0.2, -0.15) is 10.1 Å². The van der Waals surface area contributed by atoms with Gasteiger partial charge in [-0.15, -0.1) is 5.10 Å². The van der Waals surface area contributed by atoms with Crippen molar-refractivity contribution in [2.45, 2.75) is 18.9 Å². The van der Waals surface area contributed by atoms with Crippen molar-refractivity contribution in [2.24, 2.45) is 0 Å². The molecule has 1 aliphatic heterocycles. The summed E-state index contributed by atoms with van der Waals surface area (Å²) in [5.41, 5.74) is 0. The molecule has 0 unspecified atom stereocenters. The molecule has 0 spiro atoms. The molecule has 16 heavy (non-hydrogen) atoms. The average Bonchev–Trinajstić information content (AvgIpc) is 3.13. The highest BCUT2D eigenvalue weighted by atomic mass is 35.5. The number of piperazine rings is 1. The minimum Gasteiger partial charge on any atom is -0.353 e. The first-order valence-electron chi connectivity index (χ1n) is 5.67. The van der Waals surface area contributed by atoms with E-state index in [2.05, 4.69) is 25.0 Å². The fourth-order valence-corrected chi connectivity index (χ4v) is 2.31. The van der Waals surface area contributed by atoms with Crippen LogP contribution in [0.1, 0.15) is 12.8 Å². The second-order valence-electron chi connectivity index (χ2n) is 4.34. The van der Waals surface area contributed by atoms with Crippen LogP contribution >= 0.6 is 11.6 Å². The Morgan fingerprint density at radius 2 is 1.94 bits per heavy atom. The van der Waals surface area contributed by atoms with Crippen molar-refractivity contribution in [3.05, 3.63) is 11.5 Å². The summed E-state index contributed by atoms with van der Waals surface area (Å²) >= 11 is 5.73. The Labute approximate surface area is 99.4 Å². The molecule has 1 aliphatic carbocycles. The Bertz CT molecular complexity index is 373. The third kappa shape index (κ3) is 2.10. The number of anilines is 1. The number of rotatable bonds is 2. The average molecular weight is 240 g/mol. The van der Waals surface area contributed by atoms with Crippen LogP contribution < -0.4 is 4.90 Å². The Hall–Kier alpha value is -0.940. The lowest BCUT2D eigenvalue weighted by molar-refractivity contribution is 0.247. The Morgan fingerprint density at radius 1 is 1.19 bits per heavy atom. The van der Waals surface area contributed by atoms with Gasteiger partial charge in [0.1, 0.15) is 0 Å². The zero-order valence-electron chi connectivity index (χ0n) is 9.01. The molecule has 2 aliphatic rings. The second kappa shape index (κ2) is 4.14. The fraction of sp³-hybridized carbons (Fsp3) is 0.700. The minimum absolute atomic E-state index is 0.224. The van der Waals surface area contributed by atoms with Crippen molar-refractivity contribution in [1.82, 2.24) is 20.1 Å². The molecule has 0 amide bonds. The van der Waals surface area contributed by atoms with Crippen molar-refractivity contribution in [2.75, 3.05) is 31.1 Å². The van der Waals surface area contributed by atoms with Crippen LogP contribution in [0.3, 0.4) is 0 Å². The molecule has 1 aromatic rings. The lowest BCUT2D eigenvalue weighted by atomic mass is 10.3. The molecule has 2 fully saturated rings. The van der Waals surface area contributed by atoms with Gasteiger partial charge in [-0.1, -0.05) is 0 Å². The van der Waals surface area contributed by atoms with E-state index in [0.29, 0.717) is 0 Å². The van der Waals surface area contributed by atoms with Crippen molar-refractivity contribution in [3.8, 4) is 0 Å². The third-order valence-corrected chi connectivity index (χ3v) is 3.38. The topological polar surface area (TPSA) is 45.2 Å². The van der Waals surface area contributed by atoms with E-state index >= 15 is 0 Å². The van der Waals surface area contributed by atoms with E-state index in [1.54, 1.807) is 6.20 Å². The minimum atomic E-state index is 0.224. The lowest BCUT2D eigenvalue weighted by Crippen LogP contribution is -2.47. The van der Waals surface area contributed by atoms with E-state index in [0.717, 1.165) is 38.0 Å². The van der Waals surface area contributed by atoms with E-state index in [1.165, 1.54) is 12.8 Å². The molecule has 3 rings (SSSR count). The summed E-state index contributed by atoms with van der Waals surface area (Å²) in [4.78, 5) is 8.97. The van der Waals surface area contributed by atoms with E-state index in [-0.39, 0.29) is 5.28 Å².